The van der Waals surface area contributed by atoms with Gasteiger partial charge in [0.2, 0.25) is 11.5 Å². The van der Waals surface area contributed by atoms with Crippen molar-refractivity contribution in [2.24, 2.45) is 9.98 Å². The van der Waals surface area contributed by atoms with Crippen LogP contribution in [0.1, 0.15) is 603 Å². The first-order valence-corrected chi connectivity index (χ1v) is 60.0. The molecule has 0 saturated heterocycles. The molecule has 0 radical (unpaired) electrons. The summed E-state index contributed by atoms with van der Waals surface area (Å²) < 4.78 is 42.6. The molecule has 2 aliphatic rings. The largest absolute Gasteiger partial charge is 0.490 e. The first-order valence-electron chi connectivity index (χ1n) is 60.0. The molecule has 2 aromatic heterocycles. The number of benzene rings is 2. The van der Waals surface area contributed by atoms with Gasteiger partial charge in [0.25, 0.3) is 0 Å². The maximum Gasteiger partial charge on any atom is 0.203 e. The summed E-state index contributed by atoms with van der Waals surface area (Å²) in [6, 6.07) is 17.9. The molecule has 0 spiro atoms. The number of nitrogens with zero attached hydrogens (tertiary/aromatic N) is 2. The van der Waals surface area contributed by atoms with Gasteiger partial charge in [-0.25, -0.2) is 0 Å². The molecule has 774 valence electrons. The van der Waals surface area contributed by atoms with E-state index < -0.39 is 0 Å². The van der Waals surface area contributed by atoms with E-state index in [0.29, 0.717) is 39.6 Å². The van der Waals surface area contributed by atoms with Crippen LogP contribution in [0.5, 0.6) is 34.5 Å². The summed E-state index contributed by atoms with van der Waals surface area (Å²) >= 11 is 0. The van der Waals surface area contributed by atoms with E-state index in [4.69, 9.17) is 38.4 Å². The van der Waals surface area contributed by atoms with Crippen LogP contribution in [0.2, 0.25) is 0 Å². The van der Waals surface area contributed by atoms with Gasteiger partial charge in [0.15, 0.2) is 23.0 Å². The highest BCUT2D eigenvalue weighted by Crippen LogP contribution is 2.47. The molecule has 2 N–H and O–H groups in total. The molecule has 4 heterocycles. The van der Waals surface area contributed by atoms with E-state index in [9.17, 15) is 0 Å². The van der Waals surface area contributed by atoms with Crippen LogP contribution in [-0.2, 0) is 0 Å². The molecular weight excluding hydrogens is 1670 g/mol. The standard InChI is InChI=1S/C126H214N4O6/c1-7-13-19-25-31-37-43-49-55-61-67-73-79-85-101-131-119-107-111(108-120(132-102-86-80-74-68-62-56-50-44-38-32-26-20-14-8-2)125(119)135-105-89-83-77-71-65-59-53-47-41-35-29-23-17-11-5)123(115-93-91-99-127-115)117-97-95-113(129-117)114-96-98-118(130-114)124(116-94-92-100-128-116)112-109-121(133-103-87-81-75-69-63-57-51-45-39-33-27-21-15-9-3)126(136-106-90-84-78-72-66-60-54-48-42-36-30-24-18-12-6)122(110-112)134-104-88-82-76-70-64-58-52-46-40-34-28-22-16-10-4/h91-100,107-110,129-130H,7-90,101-106H2,1-6H3/b123-115-,124-116-. The van der Waals surface area contributed by atoms with Crippen LogP contribution in [0, 0.1) is 0 Å². The third kappa shape index (κ3) is 58.5. The molecule has 10 nitrogen and oxygen atoms in total. The second-order valence-electron chi connectivity index (χ2n) is 41.6. The molecular formula is C126H214N4O6. The van der Waals surface area contributed by atoms with E-state index in [1.807, 2.05) is 12.4 Å². The zero-order chi connectivity index (χ0) is 95.8. The zero-order valence-corrected chi connectivity index (χ0v) is 90.1. The molecule has 4 aromatic rings. The average Bonchev–Trinajstić information content (AvgIpc) is 1.58. The number of H-pyrrole nitrogens is 2. The molecule has 0 bridgehead atoms. The van der Waals surface area contributed by atoms with Crippen LogP contribution in [0.3, 0.4) is 0 Å². The van der Waals surface area contributed by atoms with E-state index >= 15 is 0 Å². The highest BCUT2D eigenvalue weighted by molar-refractivity contribution is 5.91. The van der Waals surface area contributed by atoms with Crippen LogP contribution >= 0.6 is 0 Å². The van der Waals surface area contributed by atoms with Crippen LogP contribution in [0.25, 0.3) is 22.5 Å². The van der Waals surface area contributed by atoms with E-state index in [1.54, 1.807) is 0 Å². The molecule has 0 saturated carbocycles. The molecule has 0 amide bonds. The number of hydrogen-bond donors (Lipinski definition) is 2. The summed E-state index contributed by atoms with van der Waals surface area (Å²) in [4.78, 5) is 18.2. The van der Waals surface area contributed by atoms with E-state index in [0.717, 1.165) is 168 Å². The van der Waals surface area contributed by atoms with Crippen molar-refractivity contribution in [2.45, 2.75) is 581 Å². The summed E-state index contributed by atoms with van der Waals surface area (Å²) in [5.74, 6) is 4.54. The van der Waals surface area contributed by atoms with Crippen molar-refractivity contribution in [3.05, 3.63) is 107 Å². The number of ether oxygens (including phenoxy) is 6. The molecule has 2 aliphatic heterocycles. The van der Waals surface area contributed by atoms with Gasteiger partial charge in [0, 0.05) is 35.0 Å². The Hall–Kier alpha value is -5.90. The average molecular weight is 1880 g/mol. The van der Waals surface area contributed by atoms with Crippen molar-refractivity contribution < 1.29 is 28.4 Å². The second kappa shape index (κ2) is 86.9. The fourth-order valence-electron chi connectivity index (χ4n) is 20.2. The van der Waals surface area contributed by atoms with Gasteiger partial charge in [-0.1, -0.05) is 542 Å². The Balaban J connectivity index is 1.28. The minimum atomic E-state index is 0.624. The first kappa shape index (κ1) is 119. The van der Waals surface area contributed by atoms with Crippen LogP contribution in [0.15, 0.2) is 94.2 Å². The Morgan fingerprint density at radius 2 is 0.360 bits per heavy atom. The molecule has 2 aromatic carbocycles. The Morgan fingerprint density at radius 1 is 0.199 bits per heavy atom. The van der Waals surface area contributed by atoms with Gasteiger partial charge in [-0.2, -0.15) is 0 Å². The van der Waals surface area contributed by atoms with Crippen molar-refractivity contribution in [1.29, 1.82) is 0 Å². The number of unbranched alkanes of at least 4 members (excludes halogenated alkanes) is 78. The van der Waals surface area contributed by atoms with E-state index in [-0.39, 0.29) is 0 Å². The molecule has 0 aliphatic carbocycles. The van der Waals surface area contributed by atoms with Crippen molar-refractivity contribution >= 4 is 23.6 Å². The van der Waals surface area contributed by atoms with Gasteiger partial charge in [0.05, 0.1) is 62.4 Å². The molecule has 0 fully saturated rings. The lowest BCUT2D eigenvalue weighted by Crippen LogP contribution is -2.07. The second-order valence-corrected chi connectivity index (χ2v) is 41.6. The van der Waals surface area contributed by atoms with Gasteiger partial charge in [-0.05, 0) is 122 Å². The quantitative estimate of drug-likeness (QED) is 0.0426. The summed E-state index contributed by atoms with van der Waals surface area (Å²) in [6.45, 7) is 17.6. The molecule has 10 heteroatoms. The zero-order valence-electron chi connectivity index (χ0n) is 90.1. The van der Waals surface area contributed by atoms with Crippen molar-refractivity contribution in [1.82, 2.24) is 9.97 Å². The van der Waals surface area contributed by atoms with Crippen LogP contribution in [0.4, 0.5) is 0 Å². The SMILES string of the molecule is CCCCCCCCCCCCCCCCOc1cc(/C(=C2\C=CC=N2)c2ccc(-c3ccc(/C(=C4/C=CC=N4)c4cc(OCCCCCCCCCCCCCCCC)c(OCCCCCCCCCCCCCCCC)c(OCCCCCCCCCCCCCCCC)c4)[nH]3)[nH]2)cc(OCCCCCCCCCCCCCCCC)c1OCCCCCCCCCCCCCCCC. The van der Waals surface area contributed by atoms with Gasteiger partial charge in [-0.15, -0.1) is 0 Å². The minimum Gasteiger partial charge on any atom is -0.490 e. The lowest BCUT2D eigenvalue weighted by molar-refractivity contribution is 0.234. The van der Waals surface area contributed by atoms with Crippen molar-refractivity contribution in [3.8, 4) is 45.9 Å². The number of aliphatic imine (C=N–C) groups is 2. The van der Waals surface area contributed by atoms with Gasteiger partial charge in [-0.3, -0.25) is 9.98 Å². The molecule has 0 unspecified atom stereocenters. The van der Waals surface area contributed by atoms with Gasteiger partial charge >= 0.3 is 0 Å². The van der Waals surface area contributed by atoms with E-state index in [1.165, 1.54) is 462 Å². The predicted octanol–water partition coefficient (Wildman–Crippen LogP) is 42.0. The molecule has 6 rings (SSSR count). The lowest BCUT2D eigenvalue weighted by atomic mass is 9.99. The highest BCUT2D eigenvalue weighted by atomic mass is 16.5. The molecule has 136 heavy (non-hydrogen) atoms. The summed E-state index contributed by atoms with van der Waals surface area (Å²) in [5.41, 5.74) is 9.62. The maximum atomic E-state index is 7.11. The van der Waals surface area contributed by atoms with Crippen LogP contribution < -0.4 is 28.4 Å². The van der Waals surface area contributed by atoms with Crippen molar-refractivity contribution in [3.63, 3.8) is 0 Å². The fraction of sp³-hybridized carbons (Fsp3) is 0.762. The summed E-state index contributed by atoms with van der Waals surface area (Å²) in [7, 11) is 0. The number of aromatic amines is 2. The molecule has 0 atom stereocenters. The predicted molar refractivity (Wildman–Crippen MR) is 596 cm³/mol. The van der Waals surface area contributed by atoms with Gasteiger partial charge in [0.1, 0.15) is 0 Å². The monoisotopic (exact) mass is 1880 g/mol. The third-order valence-corrected chi connectivity index (χ3v) is 29.0. The number of hydrogen-bond acceptors (Lipinski definition) is 8. The summed E-state index contributed by atoms with van der Waals surface area (Å²) in [5, 5.41) is 0. The Morgan fingerprint density at radius 3 is 0.522 bits per heavy atom. The fourth-order valence-corrected chi connectivity index (χ4v) is 20.2. The third-order valence-electron chi connectivity index (χ3n) is 29.0. The smallest absolute Gasteiger partial charge is 0.203 e. The van der Waals surface area contributed by atoms with Crippen LogP contribution in [-0.4, -0.2) is 62.0 Å². The number of rotatable bonds is 101. The van der Waals surface area contributed by atoms with Crippen molar-refractivity contribution in [2.75, 3.05) is 39.6 Å². The normalized spacial score (nSPS) is 13.1. The van der Waals surface area contributed by atoms with E-state index in [2.05, 4.69) is 124 Å². The first-order chi connectivity index (χ1) is 67.5. The Labute approximate surface area is 839 Å². The lowest BCUT2D eigenvalue weighted by Gasteiger charge is -2.20. The maximum absolute atomic E-state index is 7.11. The number of allylic oxidation sites excluding steroid dienone is 4. The topological polar surface area (TPSA) is 112 Å². The minimum absolute atomic E-state index is 0.624. The Bertz CT molecular complexity index is 3230. The highest BCUT2D eigenvalue weighted by Gasteiger charge is 2.26. The number of nitrogens with one attached hydrogen (secondary N) is 2. The Kier molecular flexibility index (Phi) is 75.9. The van der Waals surface area contributed by atoms with Gasteiger partial charge < -0.3 is 38.4 Å². The summed E-state index contributed by atoms with van der Waals surface area (Å²) in [6.07, 6.45) is 123. The number of aromatic nitrogens is 2.